The number of benzene rings is 1. The normalized spacial score (nSPS) is 25.1. The van der Waals surface area contributed by atoms with Gasteiger partial charge in [0.25, 0.3) is 0 Å². The van der Waals surface area contributed by atoms with Gasteiger partial charge in [0.2, 0.25) is 0 Å². The van der Waals surface area contributed by atoms with Gasteiger partial charge in [0.15, 0.2) is 0 Å². The standard InChI is InChI=1S/C11H12BrClO/c12-9-2-1-3-10(13)11(9)8-6-7(8)4-5-14/h1-3,7-8,14H,4-6H2/t7-,8+/m0/s1. The highest BCUT2D eigenvalue weighted by atomic mass is 79.9. The summed E-state index contributed by atoms with van der Waals surface area (Å²) in [6.45, 7) is 0.281. The van der Waals surface area contributed by atoms with Crippen LogP contribution >= 0.6 is 27.5 Å². The molecule has 1 aliphatic carbocycles. The molecule has 0 heterocycles. The Balaban J connectivity index is 2.18. The van der Waals surface area contributed by atoms with Crippen LogP contribution in [-0.4, -0.2) is 11.7 Å². The van der Waals surface area contributed by atoms with E-state index < -0.39 is 0 Å². The van der Waals surface area contributed by atoms with E-state index in [4.69, 9.17) is 16.7 Å². The van der Waals surface area contributed by atoms with E-state index in [9.17, 15) is 0 Å². The smallest absolute Gasteiger partial charge is 0.0452 e. The fourth-order valence-electron chi connectivity index (χ4n) is 1.95. The van der Waals surface area contributed by atoms with Gasteiger partial charge in [-0.25, -0.2) is 0 Å². The van der Waals surface area contributed by atoms with Gasteiger partial charge < -0.3 is 5.11 Å². The Bertz CT molecular complexity index is 320. The zero-order valence-electron chi connectivity index (χ0n) is 7.71. The predicted molar refractivity (Wildman–Crippen MR) is 61.7 cm³/mol. The molecule has 0 unspecified atom stereocenters. The van der Waals surface area contributed by atoms with Crippen LogP contribution in [0.5, 0.6) is 0 Å². The van der Waals surface area contributed by atoms with Crippen molar-refractivity contribution in [2.75, 3.05) is 6.61 Å². The Labute approximate surface area is 97.2 Å². The molecule has 1 fully saturated rings. The van der Waals surface area contributed by atoms with E-state index >= 15 is 0 Å². The molecule has 1 aromatic rings. The summed E-state index contributed by atoms with van der Waals surface area (Å²) in [6, 6.07) is 5.89. The highest BCUT2D eigenvalue weighted by Gasteiger charge is 2.39. The number of rotatable bonds is 3. The number of aliphatic hydroxyl groups is 1. The molecule has 0 radical (unpaired) electrons. The average molecular weight is 276 g/mol. The van der Waals surface area contributed by atoms with Crippen molar-refractivity contribution in [1.82, 2.24) is 0 Å². The van der Waals surface area contributed by atoms with Crippen LogP contribution in [0, 0.1) is 5.92 Å². The molecule has 2 rings (SSSR count). The molecule has 0 amide bonds. The number of aliphatic hydroxyl groups excluding tert-OH is 1. The van der Waals surface area contributed by atoms with Crippen molar-refractivity contribution in [3.8, 4) is 0 Å². The van der Waals surface area contributed by atoms with Crippen LogP contribution in [0.3, 0.4) is 0 Å². The molecule has 0 saturated heterocycles. The summed E-state index contributed by atoms with van der Waals surface area (Å²) in [4.78, 5) is 0. The molecular formula is C11H12BrClO. The monoisotopic (exact) mass is 274 g/mol. The predicted octanol–water partition coefficient (Wildman–Crippen LogP) is 3.59. The van der Waals surface area contributed by atoms with Gasteiger partial charge in [-0.3, -0.25) is 0 Å². The topological polar surface area (TPSA) is 20.2 Å². The highest BCUT2D eigenvalue weighted by molar-refractivity contribution is 9.10. The summed E-state index contributed by atoms with van der Waals surface area (Å²) in [5, 5.41) is 9.67. The first kappa shape index (κ1) is 10.5. The molecule has 1 aromatic carbocycles. The van der Waals surface area contributed by atoms with E-state index in [0.717, 1.165) is 22.3 Å². The average Bonchev–Trinajstić information content (AvgIpc) is 2.85. The summed E-state index contributed by atoms with van der Waals surface area (Å²) < 4.78 is 1.09. The van der Waals surface area contributed by atoms with Gasteiger partial charge in [0.1, 0.15) is 0 Å². The van der Waals surface area contributed by atoms with Gasteiger partial charge in [-0.05, 0) is 42.4 Å². The second-order valence-electron chi connectivity index (χ2n) is 3.75. The van der Waals surface area contributed by atoms with E-state index in [1.165, 1.54) is 5.56 Å². The molecule has 1 N–H and O–H groups in total. The second-order valence-corrected chi connectivity index (χ2v) is 5.01. The lowest BCUT2D eigenvalue weighted by molar-refractivity contribution is 0.279. The van der Waals surface area contributed by atoms with E-state index in [0.29, 0.717) is 11.8 Å². The summed E-state index contributed by atoms with van der Waals surface area (Å²) in [5.74, 6) is 1.17. The number of hydrogen-bond acceptors (Lipinski definition) is 1. The molecule has 14 heavy (non-hydrogen) atoms. The maximum atomic E-state index is 8.84. The number of hydrogen-bond donors (Lipinski definition) is 1. The summed E-state index contributed by atoms with van der Waals surface area (Å²) in [5.41, 5.74) is 1.22. The third kappa shape index (κ3) is 1.97. The van der Waals surface area contributed by atoms with E-state index in [2.05, 4.69) is 15.9 Å². The molecule has 1 saturated carbocycles. The Morgan fingerprint density at radius 3 is 2.93 bits per heavy atom. The fourth-order valence-corrected chi connectivity index (χ4v) is 3.04. The van der Waals surface area contributed by atoms with Gasteiger partial charge in [-0.1, -0.05) is 33.6 Å². The maximum absolute atomic E-state index is 8.84. The van der Waals surface area contributed by atoms with Gasteiger partial charge >= 0.3 is 0 Å². The van der Waals surface area contributed by atoms with Crippen LogP contribution in [0.1, 0.15) is 24.3 Å². The van der Waals surface area contributed by atoms with Crippen LogP contribution < -0.4 is 0 Å². The SMILES string of the molecule is OCC[C@H]1C[C@H]1c1c(Cl)cccc1Br. The molecule has 76 valence electrons. The van der Waals surface area contributed by atoms with Crippen molar-refractivity contribution in [2.45, 2.75) is 18.8 Å². The highest BCUT2D eigenvalue weighted by Crippen LogP contribution is 2.53. The van der Waals surface area contributed by atoms with Gasteiger partial charge in [-0.2, -0.15) is 0 Å². The lowest BCUT2D eigenvalue weighted by Crippen LogP contribution is -1.90. The van der Waals surface area contributed by atoms with Gasteiger partial charge in [0.05, 0.1) is 0 Å². The third-order valence-corrected chi connectivity index (χ3v) is 3.81. The molecule has 2 atom stereocenters. The molecule has 0 aromatic heterocycles. The van der Waals surface area contributed by atoms with Crippen molar-refractivity contribution in [3.63, 3.8) is 0 Å². The molecular weight excluding hydrogens is 263 g/mol. The van der Waals surface area contributed by atoms with Crippen LogP contribution in [0.4, 0.5) is 0 Å². The summed E-state index contributed by atoms with van der Waals surface area (Å²) in [7, 11) is 0. The Morgan fingerprint density at radius 1 is 1.50 bits per heavy atom. The largest absolute Gasteiger partial charge is 0.396 e. The Hall–Kier alpha value is -0.0500. The first-order valence-electron chi connectivity index (χ1n) is 4.78. The Morgan fingerprint density at radius 2 is 2.29 bits per heavy atom. The molecule has 0 aliphatic heterocycles. The first-order chi connectivity index (χ1) is 6.74. The minimum absolute atomic E-state index is 0.281. The molecule has 0 spiro atoms. The van der Waals surface area contributed by atoms with Crippen molar-refractivity contribution >= 4 is 27.5 Å². The second kappa shape index (κ2) is 4.21. The summed E-state index contributed by atoms with van der Waals surface area (Å²) >= 11 is 9.66. The van der Waals surface area contributed by atoms with Crippen LogP contribution in [0.2, 0.25) is 5.02 Å². The molecule has 1 aliphatic rings. The zero-order valence-corrected chi connectivity index (χ0v) is 10.1. The maximum Gasteiger partial charge on any atom is 0.0452 e. The Kier molecular flexibility index (Phi) is 3.15. The molecule has 0 bridgehead atoms. The lowest BCUT2D eigenvalue weighted by Gasteiger charge is -2.05. The fraction of sp³-hybridized carbons (Fsp3) is 0.455. The van der Waals surface area contributed by atoms with Crippen LogP contribution in [-0.2, 0) is 0 Å². The van der Waals surface area contributed by atoms with Gasteiger partial charge in [0, 0.05) is 16.1 Å². The van der Waals surface area contributed by atoms with E-state index in [1.54, 1.807) is 0 Å². The van der Waals surface area contributed by atoms with Crippen LogP contribution in [0.25, 0.3) is 0 Å². The van der Waals surface area contributed by atoms with Crippen molar-refractivity contribution < 1.29 is 5.11 Å². The minimum atomic E-state index is 0.281. The van der Waals surface area contributed by atoms with Crippen molar-refractivity contribution in [3.05, 3.63) is 33.3 Å². The minimum Gasteiger partial charge on any atom is -0.396 e. The quantitative estimate of drug-likeness (QED) is 0.894. The summed E-state index contributed by atoms with van der Waals surface area (Å²) in [6.07, 6.45) is 2.05. The van der Waals surface area contributed by atoms with Gasteiger partial charge in [-0.15, -0.1) is 0 Å². The van der Waals surface area contributed by atoms with Crippen molar-refractivity contribution in [1.29, 1.82) is 0 Å². The van der Waals surface area contributed by atoms with E-state index in [-0.39, 0.29) is 6.61 Å². The first-order valence-corrected chi connectivity index (χ1v) is 5.96. The molecule has 1 nitrogen and oxygen atoms in total. The number of halogens is 2. The molecule has 3 heteroatoms. The third-order valence-electron chi connectivity index (χ3n) is 2.79. The van der Waals surface area contributed by atoms with Crippen LogP contribution in [0.15, 0.2) is 22.7 Å². The van der Waals surface area contributed by atoms with E-state index in [1.807, 2.05) is 18.2 Å². The zero-order chi connectivity index (χ0) is 10.1. The van der Waals surface area contributed by atoms with Crippen molar-refractivity contribution in [2.24, 2.45) is 5.92 Å². The lowest BCUT2D eigenvalue weighted by atomic mass is 10.1.